The Morgan fingerprint density at radius 1 is 1.45 bits per heavy atom. The third-order valence-corrected chi connectivity index (χ3v) is 3.37. The molecule has 106 valence electrons. The molecule has 0 amide bonds. The van der Waals surface area contributed by atoms with Crippen molar-refractivity contribution in [1.29, 1.82) is 0 Å². The molecule has 4 N–H and O–H groups in total. The molecule has 1 fully saturated rings. The Bertz CT molecular complexity index is 550. The lowest BCUT2D eigenvalue weighted by Crippen LogP contribution is -2.11. The largest absolute Gasteiger partial charge is 0.381 e. The molecule has 0 spiro atoms. The predicted octanol–water partition coefficient (Wildman–Crippen LogP) is 0.940. The molecule has 0 aliphatic carbocycles. The maximum Gasteiger partial charge on any atom is 0.222 e. The van der Waals surface area contributed by atoms with Crippen molar-refractivity contribution in [2.24, 2.45) is 0 Å². The van der Waals surface area contributed by atoms with Crippen LogP contribution in [0.4, 0.5) is 11.8 Å². The van der Waals surface area contributed by atoms with E-state index in [2.05, 4.69) is 25.3 Å². The standard InChI is InChI=1S/C13H18N6O/c14-13-18-11(9-2-4-20-7-9)5-12(19-13)16-3-1-10-6-15-8-17-10/h5-6,8-9H,1-4,7H2,(H,15,17)(H3,14,16,18,19)/t9-/m1/s1. The second-order valence-corrected chi connectivity index (χ2v) is 4.85. The fourth-order valence-corrected chi connectivity index (χ4v) is 2.30. The van der Waals surface area contributed by atoms with Crippen molar-refractivity contribution >= 4 is 11.8 Å². The number of nitrogens with one attached hydrogen (secondary N) is 2. The van der Waals surface area contributed by atoms with E-state index in [-0.39, 0.29) is 0 Å². The van der Waals surface area contributed by atoms with Gasteiger partial charge in [-0.1, -0.05) is 0 Å². The Hall–Kier alpha value is -2.15. The fraction of sp³-hybridized carbons (Fsp3) is 0.462. The van der Waals surface area contributed by atoms with Gasteiger partial charge in [-0.25, -0.2) is 9.97 Å². The molecule has 7 heteroatoms. The molecule has 0 unspecified atom stereocenters. The van der Waals surface area contributed by atoms with E-state index in [4.69, 9.17) is 10.5 Å². The summed E-state index contributed by atoms with van der Waals surface area (Å²) in [6.45, 7) is 2.26. The number of hydrogen-bond acceptors (Lipinski definition) is 6. The molecule has 0 bridgehead atoms. The zero-order valence-electron chi connectivity index (χ0n) is 11.2. The summed E-state index contributed by atoms with van der Waals surface area (Å²) in [6.07, 6.45) is 5.34. The minimum absolute atomic E-state index is 0.304. The number of nitrogen functional groups attached to an aromatic ring is 1. The van der Waals surface area contributed by atoms with Gasteiger partial charge in [0.05, 0.1) is 18.6 Å². The number of hydrogen-bond donors (Lipinski definition) is 3. The first kappa shape index (κ1) is 12.9. The van der Waals surface area contributed by atoms with Crippen molar-refractivity contribution in [3.63, 3.8) is 0 Å². The highest BCUT2D eigenvalue weighted by molar-refractivity contribution is 5.41. The summed E-state index contributed by atoms with van der Waals surface area (Å²) in [5.74, 6) is 1.39. The van der Waals surface area contributed by atoms with E-state index in [9.17, 15) is 0 Å². The summed E-state index contributed by atoms with van der Waals surface area (Å²) in [4.78, 5) is 15.6. The van der Waals surface area contributed by atoms with Crippen LogP contribution in [0.2, 0.25) is 0 Å². The Balaban J connectivity index is 1.63. The van der Waals surface area contributed by atoms with Gasteiger partial charge in [-0.3, -0.25) is 0 Å². The van der Waals surface area contributed by atoms with Gasteiger partial charge in [0, 0.05) is 43.4 Å². The third-order valence-electron chi connectivity index (χ3n) is 3.37. The smallest absolute Gasteiger partial charge is 0.222 e. The quantitative estimate of drug-likeness (QED) is 0.750. The number of anilines is 2. The first-order valence-corrected chi connectivity index (χ1v) is 6.74. The number of H-pyrrole nitrogens is 1. The molecular weight excluding hydrogens is 256 g/mol. The molecule has 1 aliphatic rings. The van der Waals surface area contributed by atoms with E-state index >= 15 is 0 Å². The second kappa shape index (κ2) is 5.87. The maximum atomic E-state index is 5.77. The van der Waals surface area contributed by atoms with Gasteiger partial charge < -0.3 is 20.8 Å². The number of nitrogens with two attached hydrogens (primary N) is 1. The van der Waals surface area contributed by atoms with Crippen LogP contribution in [0.5, 0.6) is 0 Å². The summed E-state index contributed by atoms with van der Waals surface area (Å²) in [5.41, 5.74) is 7.82. The van der Waals surface area contributed by atoms with Gasteiger partial charge in [0.1, 0.15) is 5.82 Å². The minimum Gasteiger partial charge on any atom is -0.381 e. The number of imidazole rings is 1. The van der Waals surface area contributed by atoms with Crippen LogP contribution < -0.4 is 11.1 Å². The van der Waals surface area contributed by atoms with E-state index in [1.807, 2.05) is 12.3 Å². The number of rotatable bonds is 5. The molecule has 1 aliphatic heterocycles. The van der Waals surface area contributed by atoms with E-state index in [0.717, 1.165) is 43.2 Å². The van der Waals surface area contributed by atoms with Crippen LogP contribution in [0.25, 0.3) is 0 Å². The van der Waals surface area contributed by atoms with Gasteiger partial charge in [-0.05, 0) is 6.42 Å². The first-order chi connectivity index (χ1) is 9.81. The Labute approximate surface area is 117 Å². The van der Waals surface area contributed by atoms with E-state index in [0.29, 0.717) is 18.5 Å². The molecule has 2 aromatic rings. The predicted molar refractivity (Wildman–Crippen MR) is 75.4 cm³/mol. The van der Waals surface area contributed by atoms with Crippen LogP contribution in [0.3, 0.4) is 0 Å². The van der Waals surface area contributed by atoms with E-state index in [1.165, 1.54) is 0 Å². The van der Waals surface area contributed by atoms with Crippen LogP contribution in [0, 0.1) is 0 Å². The highest BCUT2D eigenvalue weighted by Gasteiger charge is 2.20. The third kappa shape index (κ3) is 3.05. The van der Waals surface area contributed by atoms with Gasteiger partial charge in [0.15, 0.2) is 0 Å². The van der Waals surface area contributed by atoms with Crippen molar-refractivity contribution in [3.05, 3.63) is 30.0 Å². The van der Waals surface area contributed by atoms with Gasteiger partial charge in [0.25, 0.3) is 0 Å². The van der Waals surface area contributed by atoms with Crippen LogP contribution in [0.15, 0.2) is 18.6 Å². The fourth-order valence-electron chi connectivity index (χ4n) is 2.30. The molecule has 0 aromatic carbocycles. The van der Waals surface area contributed by atoms with Crippen molar-refractivity contribution in [2.75, 3.05) is 30.8 Å². The monoisotopic (exact) mass is 274 g/mol. The first-order valence-electron chi connectivity index (χ1n) is 6.74. The normalized spacial score (nSPS) is 18.3. The Morgan fingerprint density at radius 3 is 3.15 bits per heavy atom. The highest BCUT2D eigenvalue weighted by atomic mass is 16.5. The van der Waals surface area contributed by atoms with Gasteiger partial charge in [-0.2, -0.15) is 4.98 Å². The van der Waals surface area contributed by atoms with Gasteiger partial charge in [0.2, 0.25) is 5.95 Å². The summed E-state index contributed by atoms with van der Waals surface area (Å²) < 4.78 is 5.39. The lowest BCUT2D eigenvalue weighted by molar-refractivity contribution is 0.193. The summed E-state index contributed by atoms with van der Waals surface area (Å²) in [5, 5.41) is 3.27. The van der Waals surface area contributed by atoms with Crippen LogP contribution in [0.1, 0.15) is 23.7 Å². The molecule has 0 radical (unpaired) electrons. The number of aromatic nitrogens is 4. The minimum atomic E-state index is 0.304. The van der Waals surface area contributed by atoms with Crippen molar-refractivity contribution in [1.82, 2.24) is 19.9 Å². The lowest BCUT2D eigenvalue weighted by Gasteiger charge is -2.11. The molecule has 20 heavy (non-hydrogen) atoms. The van der Waals surface area contributed by atoms with Gasteiger partial charge in [-0.15, -0.1) is 0 Å². The Kier molecular flexibility index (Phi) is 3.78. The molecule has 0 saturated carbocycles. The summed E-state index contributed by atoms with van der Waals surface area (Å²) in [7, 11) is 0. The molecule has 1 atom stereocenters. The molecule has 7 nitrogen and oxygen atoms in total. The van der Waals surface area contributed by atoms with Crippen molar-refractivity contribution in [2.45, 2.75) is 18.8 Å². The summed E-state index contributed by atoms with van der Waals surface area (Å²) in [6, 6.07) is 1.96. The maximum absolute atomic E-state index is 5.77. The van der Waals surface area contributed by atoms with E-state index in [1.54, 1.807) is 6.33 Å². The van der Waals surface area contributed by atoms with Crippen LogP contribution in [-0.4, -0.2) is 39.7 Å². The molecule has 3 rings (SSSR count). The molecule has 2 aromatic heterocycles. The SMILES string of the molecule is Nc1nc(NCCc2cnc[nH]2)cc([C@@H]2CCOC2)n1. The van der Waals surface area contributed by atoms with Crippen LogP contribution >= 0.6 is 0 Å². The topological polar surface area (TPSA) is 102 Å². The molecular formula is C13H18N6O. The van der Waals surface area contributed by atoms with E-state index < -0.39 is 0 Å². The zero-order chi connectivity index (χ0) is 13.8. The van der Waals surface area contributed by atoms with Crippen molar-refractivity contribution < 1.29 is 4.74 Å². The average molecular weight is 274 g/mol. The second-order valence-electron chi connectivity index (χ2n) is 4.85. The average Bonchev–Trinajstić information content (AvgIpc) is 3.11. The number of ether oxygens (including phenoxy) is 1. The molecule has 1 saturated heterocycles. The zero-order valence-corrected chi connectivity index (χ0v) is 11.2. The lowest BCUT2D eigenvalue weighted by atomic mass is 10.0. The van der Waals surface area contributed by atoms with Crippen molar-refractivity contribution in [3.8, 4) is 0 Å². The summed E-state index contributed by atoms with van der Waals surface area (Å²) >= 11 is 0. The number of nitrogens with zero attached hydrogens (tertiary/aromatic N) is 3. The highest BCUT2D eigenvalue weighted by Crippen LogP contribution is 2.25. The van der Waals surface area contributed by atoms with Crippen LogP contribution in [-0.2, 0) is 11.2 Å². The van der Waals surface area contributed by atoms with Gasteiger partial charge >= 0.3 is 0 Å². The molecule has 3 heterocycles. The Morgan fingerprint density at radius 2 is 2.40 bits per heavy atom. The number of aromatic amines is 1.